The van der Waals surface area contributed by atoms with Crippen molar-refractivity contribution in [2.24, 2.45) is 0 Å². The van der Waals surface area contributed by atoms with Crippen molar-refractivity contribution in [2.45, 2.75) is 25.9 Å². The Morgan fingerprint density at radius 3 is 2.59 bits per heavy atom. The summed E-state index contributed by atoms with van der Waals surface area (Å²) in [6.45, 7) is 2.88. The number of aryl methyl sites for hydroxylation is 2. The number of ether oxygens (including phenoxy) is 3. The zero-order valence-electron chi connectivity index (χ0n) is 18.0. The molecule has 1 atom stereocenters. The first kappa shape index (κ1) is 21.6. The molecule has 0 aliphatic carbocycles. The van der Waals surface area contributed by atoms with E-state index in [0.29, 0.717) is 34.3 Å². The Bertz CT molecular complexity index is 1130. The van der Waals surface area contributed by atoms with Crippen LogP contribution in [-0.4, -0.2) is 64.3 Å². The first-order valence-corrected chi connectivity index (χ1v) is 9.82. The van der Waals surface area contributed by atoms with E-state index in [-0.39, 0.29) is 18.4 Å². The van der Waals surface area contributed by atoms with Gasteiger partial charge in [0.25, 0.3) is 0 Å². The van der Waals surface area contributed by atoms with Gasteiger partial charge < -0.3 is 19.1 Å². The maximum Gasteiger partial charge on any atom is 0.319 e. The van der Waals surface area contributed by atoms with Crippen LogP contribution in [0.5, 0.6) is 17.6 Å². The molecule has 1 fully saturated rings. The number of hydrogen-bond donors (Lipinski definition) is 0. The number of anilines is 1. The van der Waals surface area contributed by atoms with Crippen molar-refractivity contribution in [3.8, 4) is 28.9 Å². The maximum atomic E-state index is 14.8. The molecule has 0 spiro atoms. The minimum Gasteiger partial charge on any atom is -0.482 e. The molecule has 0 aromatic carbocycles. The third-order valence-corrected chi connectivity index (χ3v) is 4.94. The number of methoxy groups -OCH3 is 2. The molecule has 168 valence electrons. The summed E-state index contributed by atoms with van der Waals surface area (Å²) in [5.74, 6) is -1.71. The number of rotatable bonds is 6. The van der Waals surface area contributed by atoms with Gasteiger partial charge in [-0.1, -0.05) is 0 Å². The molecule has 1 saturated heterocycles. The zero-order chi connectivity index (χ0) is 22.9. The average Bonchev–Trinajstić information content (AvgIpc) is 3.07. The molecule has 32 heavy (non-hydrogen) atoms. The molecule has 0 N–H and O–H groups in total. The molecule has 4 rings (SSSR count). The highest BCUT2D eigenvalue weighted by Crippen LogP contribution is 2.35. The van der Waals surface area contributed by atoms with Gasteiger partial charge >= 0.3 is 11.9 Å². The van der Waals surface area contributed by atoms with Crippen LogP contribution in [0.3, 0.4) is 0 Å². The number of alkyl halides is 2. The molecule has 1 unspecified atom stereocenters. The second-order valence-corrected chi connectivity index (χ2v) is 7.32. The van der Waals surface area contributed by atoms with Crippen molar-refractivity contribution in [1.29, 1.82) is 0 Å². The van der Waals surface area contributed by atoms with Crippen LogP contribution in [0.2, 0.25) is 0 Å². The van der Waals surface area contributed by atoms with E-state index in [1.165, 1.54) is 31.5 Å². The van der Waals surface area contributed by atoms with Gasteiger partial charge in [-0.3, -0.25) is 4.98 Å². The van der Waals surface area contributed by atoms with Crippen LogP contribution >= 0.6 is 0 Å². The van der Waals surface area contributed by atoms with Crippen LogP contribution in [0.4, 0.5) is 14.6 Å². The fraction of sp³-hybridized carbons (Fsp3) is 0.381. The predicted molar refractivity (Wildman–Crippen MR) is 111 cm³/mol. The highest BCUT2D eigenvalue weighted by Gasteiger charge is 2.50. The van der Waals surface area contributed by atoms with Crippen LogP contribution < -0.4 is 19.1 Å². The van der Waals surface area contributed by atoms with Crippen LogP contribution in [0.25, 0.3) is 11.3 Å². The Kier molecular flexibility index (Phi) is 5.72. The molecule has 3 aromatic heterocycles. The fourth-order valence-electron chi connectivity index (χ4n) is 3.44. The van der Waals surface area contributed by atoms with Gasteiger partial charge in [0.1, 0.15) is 17.4 Å². The summed E-state index contributed by atoms with van der Waals surface area (Å²) >= 11 is 0. The van der Waals surface area contributed by atoms with E-state index < -0.39 is 18.6 Å². The second kappa shape index (κ2) is 8.48. The quantitative estimate of drug-likeness (QED) is 0.569. The van der Waals surface area contributed by atoms with Crippen molar-refractivity contribution in [2.75, 3.05) is 32.2 Å². The zero-order valence-corrected chi connectivity index (χ0v) is 18.0. The molecule has 0 radical (unpaired) electrons. The van der Waals surface area contributed by atoms with E-state index in [9.17, 15) is 8.78 Å². The number of aromatic nitrogens is 5. The highest BCUT2D eigenvalue weighted by molar-refractivity contribution is 5.67. The normalized spacial score (nSPS) is 17.3. The minimum atomic E-state index is -3.07. The lowest BCUT2D eigenvalue weighted by molar-refractivity contribution is -0.0594. The first-order valence-electron chi connectivity index (χ1n) is 9.82. The Morgan fingerprint density at radius 2 is 1.88 bits per heavy atom. The highest BCUT2D eigenvalue weighted by atomic mass is 19.3. The summed E-state index contributed by atoms with van der Waals surface area (Å²) in [6.07, 6.45) is 1.70. The summed E-state index contributed by atoms with van der Waals surface area (Å²) in [5, 5.41) is 0. The topological polar surface area (TPSA) is 95.4 Å². The molecule has 1 aliphatic heterocycles. The van der Waals surface area contributed by atoms with E-state index in [4.69, 9.17) is 14.2 Å². The summed E-state index contributed by atoms with van der Waals surface area (Å²) in [4.78, 5) is 22.6. The Hall–Kier alpha value is -3.63. The van der Waals surface area contributed by atoms with Crippen LogP contribution in [0, 0.1) is 13.8 Å². The van der Waals surface area contributed by atoms with E-state index in [2.05, 4.69) is 24.9 Å². The van der Waals surface area contributed by atoms with Gasteiger partial charge in [0.05, 0.1) is 38.6 Å². The standard InChI is InChI=1S/C21H22F2N6O3/c1-12-7-14(5-6-24-12)32-17-10-29(11-21(17,22)23)18-8-16(26-13(2)27-18)15-9-25-20(31-4)28-19(15)30-3/h5-9,17H,10-11H2,1-4H3. The number of halogens is 2. The number of pyridine rings is 1. The Labute approximate surface area is 183 Å². The first-order chi connectivity index (χ1) is 15.3. The maximum absolute atomic E-state index is 14.8. The van der Waals surface area contributed by atoms with E-state index in [0.717, 1.165) is 0 Å². The van der Waals surface area contributed by atoms with Crippen molar-refractivity contribution >= 4 is 5.82 Å². The summed E-state index contributed by atoms with van der Waals surface area (Å²) in [5.41, 5.74) is 1.63. The summed E-state index contributed by atoms with van der Waals surface area (Å²) in [7, 11) is 2.91. The van der Waals surface area contributed by atoms with Gasteiger partial charge in [-0.25, -0.2) is 23.7 Å². The van der Waals surface area contributed by atoms with Gasteiger partial charge in [0.2, 0.25) is 5.88 Å². The van der Waals surface area contributed by atoms with Crippen molar-refractivity contribution in [3.05, 3.63) is 42.1 Å². The molecule has 4 heterocycles. The molecule has 3 aromatic rings. The molecule has 0 saturated carbocycles. The van der Waals surface area contributed by atoms with Crippen molar-refractivity contribution in [3.63, 3.8) is 0 Å². The van der Waals surface area contributed by atoms with Crippen LogP contribution in [-0.2, 0) is 0 Å². The monoisotopic (exact) mass is 444 g/mol. The van der Waals surface area contributed by atoms with Crippen LogP contribution in [0.1, 0.15) is 11.5 Å². The molecular weight excluding hydrogens is 422 g/mol. The molecule has 0 bridgehead atoms. The SMILES string of the molecule is COc1ncc(-c2cc(N3CC(Oc4ccnc(C)c4)C(F)(F)C3)nc(C)n2)c(OC)n1. The number of nitrogens with zero attached hydrogens (tertiary/aromatic N) is 6. The van der Waals surface area contributed by atoms with Gasteiger partial charge in [0.15, 0.2) is 6.10 Å². The van der Waals surface area contributed by atoms with Crippen LogP contribution in [0.15, 0.2) is 30.6 Å². The smallest absolute Gasteiger partial charge is 0.319 e. The third-order valence-electron chi connectivity index (χ3n) is 4.94. The molecule has 0 amide bonds. The lowest BCUT2D eigenvalue weighted by Gasteiger charge is -2.19. The molecule has 1 aliphatic rings. The summed E-state index contributed by atoms with van der Waals surface area (Å²) < 4.78 is 45.5. The Morgan fingerprint density at radius 1 is 1.06 bits per heavy atom. The summed E-state index contributed by atoms with van der Waals surface area (Å²) in [6, 6.07) is 4.94. The largest absolute Gasteiger partial charge is 0.482 e. The predicted octanol–water partition coefficient (Wildman–Crippen LogP) is 2.87. The van der Waals surface area contributed by atoms with Gasteiger partial charge in [-0.15, -0.1) is 0 Å². The van der Waals surface area contributed by atoms with Gasteiger partial charge in [0, 0.05) is 30.2 Å². The van der Waals surface area contributed by atoms with Crippen molar-refractivity contribution < 1.29 is 23.0 Å². The number of hydrogen-bond acceptors (Lipinski definition) is 9. The van der Waals surface area contributed by atoms with E-state index >= 15 is 0 Å². The van der Waals surface area contributed by atoms with Gasteiger partial charge in [-0.2, -0.15) is 4.98 Å². The molecular formula is C21H22F2N6O3. The third kappa shape index (κ3) is 4.36. The molecule has 11 heteroatoms. The van der Waals surface area contributed by atoms with E-state index in [1.54, 1.807) is 32.0 Å². The lowest BCUT2D eigenvalue weighted by atomic mass is 10.2. The van der Waals surface area contributed by atoms with Crippen molar-refractivity contribution in [1.82, 2.24) is 24.9 Å². The average molecular weight is 444 g/mol. The molecule has 9 nitrogen and oxygen atoms in total. The fourth-order valence-corrected chi connectivity index (χ4v) is 3.44. The second-order valence-electron chi connectivity index (χ2n) is 7.32. The van der Waals surface area contributed by atoms with E-state index in [1.807, 2.05) is 0 Å². The van der Waals surface area contributed by atoms with Gasteiger partial charge in [-0.05, 0) is 19.9 Å². The minimum absolute atomic E-state index is 0.0412. The Balaban J connectivity index is 1.63. The lowest BCUT2D eigenvalue weighted by Crippen LogP contribution is -2.36.